The summed E-state index contributed by atoms with van der Waals surface area (Å²) in [6.45, 7) is 0.460. The Hall–Kier alpha value is -0.390. The largest absolute Gasteiger partial charge is 0.433 e. The van der Waals surface area contributed by atoms with Gasteiger partial charge in [0.25, 0.3) is 4.80 Å². The molecule has 0 aliphatic rings. The fourth-order valence-corrected chi connectivity index (χ4v) is 1.00. The van der Waals surface area contributed by atoms with Crippen molar-refractivity contribution >= 4 is 15.9 Å². The quantitative estimate of drug-likeness (QED) is 0.788. The second-order valence-electron chi connectivity index (χ2n) is 2.09. The molecule has 0 saturated heterocycles. The topological polar surface area (TPSA) is 58.3 Å². The van der Waals surface area contributed by atoms with Crippen LogP contribution in [0, 0.1) is 0 Å². The van der Waals surface area contributed by atoms with Crippen molar-refractivity contribution in [1.82, 2.24) is 10.3 Å². The molecule has 5 heteroatoms. The van der Waals surface area contributed by atoms with Crippen LogP contribution in [0.5, 0.6) is 0 Å². The first-order valence-corrected chi connectivity index (χ1v) is 3.97. The van der Waals surface area contributed by atoms with Crippen molar-refractivity contribution in [2.45, 2.75) is 6.10 Å². The number of nitrogens with zero attached hydrogens (tertiary/aromatic N) is 1. The first-order chi connectivity index (χ1) is 5.24. The minimum Gasteiger partial charge on any atom is -0.433 e. The summed E-state index contributed by atoms with van der Waals surface area (Å²) < 4.78 is 5.01. The lowest BCUT2D eigenvalue weighted by molar-refractivity contribution is 0.148. The molecule has 1 aromatic heterocycles. The highest BCUT2D eigenvalue weighted by molar-refractivity contribution is 9.10. The number of likely N-dealkylation sites (N-methyl/N-ethyl adjacent to an activating group) is 1. The minimum absolute atomic E-state index is 0.391. The van der Waals surface area contributed by atoms with E-state index in [0.29, 0.717) is 17.1 Å². The van der Waals surface area contributed by atoms with Crippen LogP contribution in [-0.4, -0.2) is 23.7 Å². The Morgan fingerprint density at radius 2 is 2.64 bits per heavy atom. The highest BCUT2D eigenvalue weighted by atomic mass is 79.9. The van der Waals surface area contributed by atoms with Crippen molar-refractivity contribution in [3.63, 3.8) is 0 Å². The molecule has 1 unspecified atom stereocenters. The van der Waals surface area contributed by atoms with E-state index >= 15 is 0 Å². The molecule has 11 heavy (non-hydrogen) atoms. The van der Waals surface area contributed by atoms with E-state index in [4.69, 9.17) is 4.42 Å². The molecule has 0 saturated carbocycles. The molecule has 0 aromatic carbocycles. The van der Waals surface area contributed by atoms with Crippen molar-refractivity contribution in [3.8, 4) is 0 Å². The number of nitrogens with one attached hydrogen (secondary N) is 1. The number of rotatable bonds is 3. The average Bonchev–Trinajstić information content (AvgIpc) is 2.36. The molecule has 0 amide bonds. The number of aliphatic hydroxyl groups is 1. The fraction of sp³-hybridized carbons (Fsp3) is 0.500. The van der Waals surface area contributed by atoms with E-state index < -0.39 is 6.10 Å². The van der Waals surface area contributed by atoms with Gasteiger partial charge in [0, 0.05) is 22.5 Å². The summed E-state index contributed by atoms with van der Waals surface area (Å²) in [6.07, 6.45) is 0.866. The van der Waals surface area contributed by atoms with E-state index in [0.717, 1.165) is 0 Å². The van der Waals surface area contributed by atoms with Crippen LogP contribution in [0.1, 0.15) is 11.9 Å². The van der Waals surface area contributed by atoms with E-state index in [1.807, 2.05) is 0 Å². The average molecular weight is 221 g/mol. The van der Waals surface area contributed by atoms with Gasteiger partial charge >= 0.3 is 0 Å². The van der Waals surface area contributed by atoms with E-state index in [2.05, 4.69) is 26.2 Å². The third-order valence-corrected chi connectivity index (χ3v) is 1.59. The second kappa shape index (κ2) is 3.85. The number of halogens is 1. The predicted molar refractivity (Wildman–Crippen MR) is 43.1 cm³/mol. The molecule has 0 aliphatic heterocycles. The molecule has 4 nitrogen and oxygen atoms in total. The van der Waals surface area contributed by atoms with Gasteiger partial charge < -0.3 is 14.8 Å². The number of oxazole rings is 1. The predicted octanol–water partition coefficient (Wildman–Crippen LogP) is 0.690. The normalized spacial score (nSPS) is 13.4. The first-order valence-electron chi connectivity index (χ1n) is 3.18. The summed E-state index contributed by atoms with van der Waals surface area (Å²) in [7, 11) is 1.76. The number of hydrogen-bond acceptors (Lipinski definition) is 4. The third kappa shape index (κ3) is 2.28. The molecule has 62 valence electrons. The van der Waals surface area contributed by atoms with Gasteiger partial charge in [-0.15, -0.1) is 0 Å². The molecule has 1 atom stereocenters. The molecule has 0 fully saturated rings. The van der Waals surface area contributed by atoms with Crippen molar-refractivity contribution < 1.29 is 9.52 Å². The molecule has 0 aliphatic carbocycles. The van der Waals surface area contributed by atoms with Crippen LogP contribution in [0.2, 0.25) is 0 Å². The molecule has 0 bridgehead atoms. The monoisotopic (exact) mass is 220 g/mol. The van der Waals surface area contributed by atoms with E-state index in [1.165, 1.54) is 6.20 Å². The molecule has 0 spiro atoms. The lowest BCUT2D eigenvalue weighted by atomic mass is 10.3. The second-order valence-corrected chi connectivity index (χ2v) is 2.77. The van der Waals surface area contributed by atoms with Crippen LogP contribution >= 0.6 is 15.9 Å². The Kier molecular flexibility index (Phi) is 3.04. The maximum absolute atomic E-state index is 9.32. The molecule has 2 N–H and O–H groups in total. The summed E-state index contributed by atoms with van der Waals surface area (Å²) in [4.78, 5) is 4.17. The maximum Gasteiger partial charge on any atom is 0.264 e. The van der Waals surface area contributed by atoms with Gasteiger partial charge in [-0.1, -0.05) is 0 Å². The highest BCUT2D eigenvalue weighted by Crippen LogP contribution is 2.16. The zero-order valence-electron chi connectivity index (χ0n) is 6.04. The molecule has 1 aromatic rings. The Bertz CT molecular complexity index is 226. The van der Waals surface area contributed by atoms with Crippen LogP contribution in [-0.2, 0) is 0 Å². The van der Waals surface area contributed by atoms with Crippen molar-refractivity contribution in [1.29, 1.82) is 0 Å². The summed E-state index contributed by atoms with van der Waals surface area (Å²) >= 11 is 3.04. The molecule has 0 radical (unpaired) electrons. The van der Waals surface area contributed by atoms with Crippen LogP contribution in [0.4, 0.5) is 0 Å². The van der Waals surface area contributed by atoms with Gasteiger partial charge in [0.15, 0.2) is 5.76 Å². The summed E-state index contributed by atoms with van der Waals surface area (Å²) in [6, 6.07) is 0. The lowest BCUT2D eigenvalue weighted by Crippen LogP contribution is -2.16. The molecular formula is C6H9BrN2O2. The number of hydrogen-bond donors (Lipinski definition) is 2. The van der Waals surface area contributed by atoms with Crippen molar-refractivity contribution in [2.75, 3.05) is 13.6 Å². The SMILES string of the molecule is CNCC(O)c1cnc(Br)o1. The smallest absolute Gasteiger partial charge is 0.264 e. The summed E-state index contributed by atoms with van der Waals surface area (Å²) in [5.74, 6) is 0.464. The third-order valence-electron chi connectivity index (χ3n) is 1.22. The van der Waals surface area contributed by atoms with Crippen LogP contribution < -0.4 is 5.32 Å². The standard InChI is InChI=1S/C6H9BrN2O2/c1-8-2-4(10)5-3-9-6(7)11-5/h3-4,8,10H,2H2,1H3. The van der Waals surface area contributed by atoms with Crippen LogP contribution in [0.3, 0.4) is 0 Å². The zero-order valence-corrected chi connectivity index (χ0v) is 7.63. The van der Waals surface area contributed by atoms with Crippen molar-refractivity contribution in [2.24, 2.45) is 0 Å². The molecular weight excluding hydrogens is 212 g/mol. The first kappa shape index (κ1) is 8.70. The van der Waals surface area contributed by atoms with E-state index in [9.17, 15) is 5.11 Å². The van der Waals surface area contributed by atoms with Gasteiger partial charge in [-0.3, -0.25) is 0 Å². The van der Waals surface area contributed by atoms with Crippen LogP contribution in [0.25, 0.3) is 0 Å². The minimum atomic E-state index is -0.626. The zero-order chi connectivity index (χ0) is 8.27. The molecule has 1 heterocycles. The number of aliphatic hydroxyl groups excluding tert-OH is 1. The van der Waals surface area contributed by atoms with Gasteiger partial charge in [-0.25, -0.2) is 4.98 Å². The Morgan fingerprint density at radius 1 is 1.91 bits per heavy atom. The Morgan fingerprint density at radius 3 is 3.09 bits per heavy atom. The summed E-state index contributed by atoms with van der Waals surface area (Å²) in [5.41, 5.74) is 0. The van der Waals surface area contributed by atoms with Gasteiger partial charge in [-0.2, -0.15) is 0 Å². The van der Waals surface area contributed by atoms with E-state index in [1.54, 1.807) is 7.05 Å². The summed E-state index contributed by atoms with van der Waals surface area (Å²) in [5, 5.41) is 12.1. The van der Waals surface area contributed by atoms with Gasteiger partial charge in [-0.05, 0) is 7.05 Å². The lowest BCUT2D eigenvalue weighted by Gasteiger charge is -2.03. The van der Waals surface area contributed by atoms with Gasteiger partial charge in [0.05, 0.1) is 6.20 Å². The van der Waals surface area contributed by atoms with Crippen molar-refractivity contribution in [3.05, 3.63) is 16.8 Å². The fourth-order valence-electron chi connectivity index (χ4n) is 0.712. The maximum atomic E-state index is 9.32. The Balaban J connectivity index is 2.60. The Labute approximate surface area is 72.8 Å². The van der Waals surface area contributed by atoms with E-state index in [-0.39, 0.29) is 0 Å². The van der Waals surface area contributed by atoms with Gasteiger partial charge in [0.1, 0.15) is 6.10 Å². The number of aromatic nitrogens is 1. The highest BCUT2D eigenvalue weighted by Gasteiger charge is 2.10. The van der Waals surface area contributed by atoms with Crippen LogP contribution in [0.15, 0.2) is 15.4 Å². The van der Waals surface area contributed by atoms with Gasteiger partial charge in [0.2, 0.25) is 0 Å². The molecule has 1 rings (SSSR count).